The maximum absolute atomic E-state index is 13.4. The van der Waals surface area contributed by atoms with Crippen LogP contribution in [0.5, 0.6) is 0 Å². The van der Waals surface area contributed by atoms with Crippen molar-refractivity contribution in [3.8, 4) is 285 Å². The number of hydrogen-bond acceptors (Lipinski definition) is 28. The van der Waals surface area contributed by atoms with Gasteiger partial charge in [-0.15, -0.1) is 21.7 Å². The number of hydrogen-bond donors (Lipinski definition) is 7. The largest absolute Gasteiger partial charge is 0.460 e. The molecule has 0 fully saturated rings. The van der Waals surface area contributed by atoms with Crippen LogP contribution in [0.15, 0.2) is 192 Å². The van der Waals surface area contributed by atoms with E-state index in [9.17, 15) is 36.0 Å². The van der Waals surface area contributed by atoms with E-state index in [4.69, 9.17) is 35.9 Å². The average molecular weight is 1900 g/mol. The number of terminal acetylenes is 1. The highest BCUT2D eigenvalue weighted by molar-refractivity contribution is 7.89. The average Bonchev–Trinajstić information content (AvgIpc) is 0.790. The molecule has 0 aromatic heterocycles. The molecule has 0 saturated heterocycles. The molecule has 0 unspecified atom stereocenters. The van der Waals surface area contributed by atoms with Crippen LogP contribution in [-0.2, 0) is 124 Å². The molecule has 0 heterocycles. The Morgan fingerprint density at radius 3 is 0.933 bits per heavy atom. The Morgan fingerprint density at radius 1 is 0.388 bits per heavy atom. The van der Waals surface area contributed by atoms with Crippen LogP contribution < -0.4 is 16.0 Å². The Morgan fingerprint density at radius 2 is 0.657 bits per heavy atom. The lowest BCUT2D eigenvalue weighted by molar-refractivity contribution is -0.608. The van der Waals surface area contributed by atoms with Gasteiger partial charge in [0.2, 0.25) is 20.0 Å². The molecule has 134 heavy (non-hydrogen) atoms. The molecule has 0 aliphatic heterocycles. The summed E-state index contributed by atoms with van der Waals surface area (Å²) in [6.45, 7) is 11.6. The van der Waals surface area contributed by atoms with E-state index in [2.05, 4.69) is 364 Å². The van der Waals surface area contributed by atoms with Crippen molar-refractivity contribution >= 4 is 69.7 Å². The summed E-state index contributed by atoms with van der Waals surface area (Å²) in [5, 5.41) is 27.9. The molecule has 32 heteroatoms. The third-order valence-electron chi connectivity index (χ3n) is 13.0. The first-order valence-corrected chi connectivity index (χ1v) is 40.1. The van der Waals surface area contributed by atoms with Crippen molar-refractivity contribution in [3.63, 3.8) is 0 Å². The second-order valence-corrected chi connectivity index (χ2v) is 25.9. The van der Waals surface area contributed by atoms with Gasteiger partial charge in [-0.2, -0.15) is 9.03 Å². The van der Waals surface area contributed by atoms with Gasteiger partial charge in [-0.05, 0) is 314 Å². The van der Waals surface area contributed by atoms with Crippen LogP contribution in [0.2, 0.25) is 0 Å². The lowest BCUT2D eigenvalue weighted by Crippen LogP contribution is -2.44. The summed E-state index contributed by atoms with van der Waals surface area (Å²) < 4.78 is 83.7. The molecule has 6 aromatic carbocycles. The number of esters is 4. The summed E-state index contributed by atoms with van der Waals surface area (Å²) in [5.41, 5.74) is 6.30. The topological polar surface area (TPSA) is 346 Å². The number of rotatable bonds is 30. The van der Waals surface area contributed by atoms with Gasteiger partial charge in [0, 0.05) is 131 Å². The number of sulfonamides is 2. The number of nitrogens with zero attached hydrogens (tertiary/aromatic N) is 1. The first kappa shape index (κ1) is 114. The molecular weight excluding hydrogens is 1790 g/mol. The van der Waals surface area contributed by atoms with Crippen LogP contribution >= 0.6 is 25.8 Å². The SMILES string of the molecule is C#CC#CC#CC#CC#CC#CC#CC#CC#CC#CC#CC#CC#CC.C=CCN([C@H](C)C(=O)OCc1ccccc1)S(=O)(=O)c1cccc(C(=O)OCc2ccccc2)c1.CC#CC#CC#CC#CC#CC#CC#CC#CC#CC#CC#CC.C[C@@H](NS(=O)(=O)c1cccc(C(=O)OCc2ccccc2)c1)C(=O)OCc1ccccc1.OOONOOOS.OOONOOOS.[HH].[HH].[HH].[HH].[HH].[HH].[HH].[HH].[HH].[HH].[HH].[HH].[HH].[HH].[HH].[HH].[HH].[HH].[HH]. The highest BCUT2D eigenvalue weighted by Gasteiger charge is 2.34. The maximum Gasteiger partial charge on any atom is 0.338 e. The van der Waals surface area contributed by atoms with Crippen molar-refractivity contribution < 1.29 is 141 Å². The van der Waals surface area contributed by atoms with Gasteiger partial charge in [-0.3, -0.25) is 9.59 Å². The molecule has 0 radical (unpaired) electrons. The monoisotopic (exact) mass is 1900 g/mol. The summed E-state index contributed by atoms with van der Waals surface area (Å²) in [7, 11) is -8.23. The summed E-state index contributed by atoms with van der Waals surface area (Å²) in [4.78, 5) is 63.7. The Balaban J connectivity index is -0.0000000848. The summed E-state index contributed by atoms with van der Waals surface area (Å²) in [5.74, 6) is 115. The zero-order valence-electron chi connectivity index (χ0n) is 70.8. The summed E-state index contributed by atoms with van der Waals surface area (Å²) in [6.07, 6.45) is 6.30. The molecule has 700 valence electrons. The Kier molecular flexibility index (Phi) is 68.2. The fraction of sp³-hybridized carbons (Fsp3) is 0.118. The maximum atomic E-state index is 13.4. The number of ether oxygens (including phenoxy) is 4. The predicted octanol–water partition coefficient (Wildman–Crippen LogP) is 13.3. The van der Waals surface area contributed by atoms with E-state index >= 15 is 0 Å². The van der Waals surface area contributed by atoms with Crippen LogP contribution in [0.3, 0.4) is 0 Å². The number of carbonyl (C=O) groups excluding carboxylic acids is 4. The molecule has 0 bridgehead atoms. The minimum atomic E-state index is -4.16. The minimum absolute atomic E-state index is 0. The van der Waals surface area contributed by atoms with Crippen LogP contribution in [0.1, 0.15) is 105 Å². The first-order chi connectivity index (χ1) is 65.3. The van der Waals surface area contributed by atoms with Crippen LogP contribution in [0.4, 0.5) is 0 Å². The number of thiol groups is 2. The van der Waals surface area contributed by atoms with E-state index in [0.717, 1.165) is 26.6 Å². The van der Waals surface area contributed by atoms with Gasteiger partial charge in [0.25, 0.3) is 0 Å². The van der Waals surface area contributed by atoms with Crippen LogP contribution in [0, 0.1) is 285 Å². The van der Waals surface area contributed by atoms with Gasteiger partial charge >= 0.3 is 23.9 Å². The van der Waals surface area contributed by atoms with E-state index in [0.29, 0.717) is 0 Å². The number of nitrogens with one attached hydrogen (secondary N) is 3. The van der Waals surface area contributed by atoms with E-state index in [-0.39, 0.29) is 81.0 Å². The Bertz CT molecular complexity index is 6860. The molecule has 0 spiro atoms. The minimum Gasteiger partial charge on any atom is -0.460 e. The normalized spacial score (nSPS) is 8.66. The molecular formula is C102H104N4O24S4. The standard InChI is InChI=1S/C27H27NO6S.C27H4.C24H23NO6S.C24H6.2H3NO6S.19H2/c1-3-17-28(21(2)26(29)33-19-22-11-6-4-7-12-22)35(31,32)25-16-10-15-24(18-25)27(30)34-20-23-13-8-5-9-14-23;1-3-5-7-9-11-13-15-17-19-21-23-25-27-26-24-22-20-18-16-14-12-10-8-6-4-2;1-18(23(26)30-16-19-9-4-2-5-10-19)25-32(28,29)22-14-8-13-21(15-22)24(27)31-17-20-11-6-3-7-12-20;1-3-5-7-9-11-13-15-17-19-21-23-24-22-20-18-16-14-12-10-8-6-4-2;2*2-5-3-1-4-6-7-8;;;;;;;;;;;;;;;;;;;/h3-16,18,21H,1,17,19-20H2,2H3;1H,2H3;2-15,18,25H,16-17H2,1H3;1-2H3;2*1-2,8H;19*1H/t21-;;18-;;;;;;;;;;;;;;;;;;;;;;/m1.1....................../s1. The second-order valence-electron chi connectivity index (χ2n) is 22.0. The lowest BCUT2D eigenvalue weighted by Gasteiger charge is -2.26. The lowest BCUT2D eigenvalue weighted by atomic mass is 10.2. The molecule has 0 aliphatic carbocycles. The van der Waals surface area contributed by atoms with E-state index < -0.39 is 56.0 Å². The van der Waals surface area contributed by atoms with E-state index in [1.165, 1.54) is 79.7 Å². The summed E-state index contributed by atoms with van der Waals surface area (Å²) in [6, 6.07) is 45.2. The quantitative estimate of drug-likeness (QED) is 0.00253. The van der Waals surface area contributed by atoms with Crippen molar-refractivity contribution in [3.05, 3.63) is 216 Å². The van der Waals surface area contributed by atoms with Gasteiger partial charge in [0.15, 0.2) is 0 Å². The predicted molar refractivity (Wildman–Crippen MR) is 535 cm³/mol. The number of carbonyl (C=O) groups is 4. The second kappa shape index (κ2) is 79.9. The zero-order chi connectivity index (χ0) is 98.0. The van der Waals surface area contributed by atoms with Crippen molar-refractivity contribution in [2.24, 2.45) is 0 Å². The van der Waals surface area contributed by atoms with Gasteiger partial charge in [0.05, 0.1) is 20.9 Å². The van der Waals surface area contributed by atoms with Gasteiger partial charge < -0.3 is 18.9 Å². The molecule has 2 atom stereocenters. The zero-order valence-corrected chi connectivity index (χ0v) is 74.2. The highest BCUT2D eigenvalue weighted by atomic mass is 32.2. The van der Waals surface area contributed by atoms with Crippen LogP contribution in [0.25, 0.3) is 0 Å². The fourth-order valence-corrected chi connectivity index (χ4v) is 10.5. The van der Waals surface area contributed by atoms with Crippen molar-refractivity contribution in [2.75, 3.05) is 6.54 Å². The van der Waals surface area contributed by atoms with E-state index in [1.54, 1.807) is 45.0 Å². The molecule has 0 aliphatic rings. The van der Waals surface area contributed by atoms with E-state index in [1.807, 2.05) is 97.1 Å². The van der Waals surface area contributed by atoms with Crippen molar-refractivity contribution in [1.82, 2.24) is 20.3 Å². The van der Waals surface area contributed by atoms with Gasteiger partial charge in [-0.1, -0.05) is 177 Å². The molecule has 0 amide bonds. The van der Waals surface area contributed by atoms with Crippen molar-refractivity contribution in [1.29, 1.82) is 0 Å². The highest BCUT2D eigenvalue weighted by Crippen LogP contribution is 2.22. The fourth-order valence-electron chi connectivity index (χ4n) is 7.64. The third-order valence-corrected chi connectivity index (χ3v) is 16.6. The summed E-state index contributed by atoms with van der Waals surface area (Å²) >= 11 is 6.15. The Hall–Kier alpha value is -17.7. The first-order valence-electron chi connectivity index (χ1n) is 36.4. The van der Waals surface area contributed by atoms with Gasteiger partial charge in [0.1, 0.15) is 38.5 Å². The van der Waals surface area contributed by atoms with Crippen LogP contribution in [-0.4, -0.2) is 74.2 Å². The number of benzene rings is 6. The van der Waals surface area contributed by atoms with Crippen molar-refractivity contribution in [2.45, 2.75) is 82.9 Å². The molecule has 6 aromatic rings. The smallest absolute Gasteiger partial charge is 0.338 e. The third kappa shape index (κ3) is 60.9. The molecule has 28 nitrogen and oxygen atoms in total. The molecule has 5 N–H and O–H groups in total. The Labute approximate surface area is 817 Å². The molecule has 0 saturated carbocycles. The van der Waals surface area contributed by atoms with Gasteiger partial charge in [-0.25, -0.2) is 36.9 Å². The molecule has 6 rings (SSSR count).